The zero-order valence-electron chi connectivity index (χ0n) is 12.7. The van der Waals surface area contributed by atoms with E-state index < -0.39 is 0 Å². The molecule has 0 saturated carbocycles. The molecule has 3 aromatic rings. The highest BCUT2D eigenvalue weighted by molar-refractivity contribution is 6.03. The summed E-state index contributed by atoms with van der Waals surface area (Å²) in [6.07, 6.45) is 2.82. The van der Waals surface area contributed by atoms with E-state index in [-0.39, 0.29) is 11.9 Å². The highest BCUT2D eigenvalue weighted by Gasteiger charge is 2.10. The summed E-state index contributed by atoms with van der Waals surface area (Å²) >= 11 is 0. The van der Waals surface area contributed by atoms with Crippen molar-refractivity contribution in [2.45, 2.75) is 6.42 Å². The van der Waals surface area contributed by atoms with Gasteiger partial charge in [0.2, 0.25) is 0 Å². The summed E-state index contributed by atoms with van der Waals surface area (Å²) in [7, 11) is 0. The zero-order chi connectivity index (χ0) is 16.1. The number of nitrogens with two attached hydrogens (primary N) is 1. The molecule has 5 nitrogen and oxygen atoms in total. The quantitative estimate of drug-likeness (QED) is 0.419. The van der Waals surface area contributed by atoms with Crippen LogP contribution in [0.15, 0.2) is 60.8 Å². The molecule has 2 aromatic carbocycles. The van der Waals surface area contributed by atoms with Crippen LogP contribution in [0.25, 0.3) is 10.9 Å². The molecule has 1 aromatic heterocycles. The minimum atomic E-state index is -0.220. The van der Waals surface area contributed by atoms with E-state index in [2.05, 4.69) is 21.4 Å². The summed E-state index contributed by atoms with van der Waals surface area (Å²) in [5.74, 6) is 0.0430. The Bertz CT molecular complexity index is 836. The number of amides is 1. The number of aromatic nitrogens is 1. The zero-order valence-corrected chi connectivity index (χ0v) is 12.7. The van der Waals surface area contributed by atoms with Crippen LogP contribution in [0.4, 0.5) is 0 Å². The van der Waals surface area contributed by atoms with Crippen molar-refractivity contribution in [1.29, 1.82) is 0 Å². The Hall–Kier alpha value is -3.08. The summed E-state index contributed by atoms with van der Waals surface area (Å²) < 4.78 is 0. The van der Waals surface area contributed by atoms with Crippen molar-refractivity contribution in [1.82, 2.24) is 10.3 Å². The monoisotopic (exact) mass is 307 g/mol. The Morgan fingerprint density at radius 2 is 1.83 bits per heavy atom. The van der Waals surface area contributed by atoms with Crippen LogP contribution in [0, 0.1) is 0 Å². The molecule has 116 valence electrons. The largest absolute Gasteiger partial charge is 0.361 e. The van der Waals surface area contributed by atoms with Gasteiger partial charge in [-0.05, 0) is 23.8 Å². The number of carbonyl (C=O) groups is 1. The van der Waals surface area contributed by atoms with Gasteiger partial charge in [-0.15, -0.1) is 0 Å². The molecule has 1 amide bonds. The summed E-state index contributed by atoms with van der Waals surface area (Å²) in [5, 5.41) is 3.86. The van der Waals surface area contributed by atoms with Gasteiger partial charge in [-0.1, -0.05) is 36.4 Å². The number of benzene rings is 2. The van der Waals surface area contributed by atoms with E-state index in [1.807, 2.05) is 42.6 Å². The first kappa shape index (κ1) is 14.8. The molecule has 5 heteroatoms. The van der Waals surface area contributed by atoms with Crippen LogP contribution < -0.4 is 16.0 Å². The molecule has 3 rings (SSSR count). The fourth-order valence-electron chi connectivity index (χ4n) is 2.50. The number of para-hydroxylation sites is 1. The lowest BCUT2D eigenvalue weighted by molar-refractivity contribution is -0.459. The van der Waals surface area contributed by atoms with Crippen LogP contribution in [0.2, 0.25) is 0 Å². The summed E-state index contributed by atoms with van der Waals surface area (Å²) in [5.41, 5.74) is 8.75. The topological polar surface area (TPSA) is 84.9 Å². The van der Waals surface area contributed by atoms with Crippen molar-refractivity contribution in [3.05, 3.63) is 71.9 Å². The second-order valence-corrected chi connectivity index (χ2v) is 5.27. The van der Waals surface area contributed by atoms with Crippen LogP contribution in [0.5, 0.6) is 0 Å². The lowest BCUT2D eigenvalue weighted by atomic mass is 10.1. The first-order valence-corrected chi connectivity index (χ1v) is 7.52. The average Bonchev–Trinajstić information content (AvgIpc) is 2.99. The number of nitrogens with one attached hydrogen (secondary N) is 3. The van der Waals surface area contributed by atoms with Crippen LogP contribution in [0.1, 0.15) is 15.9 Å². The van der Waals surface area contributed by atoms with Gasteiger partial charge in [-0.2, -0.15) is 0 Å². The van der Waals surface area contributed by atoms with E-state index >= 15 is 0 Å². The van der Waals surface area contributed by atoms with Gasteiger partial charge in [-0.25, -0.2) is 5.32 Å². The maximum atomic E-state index is 12.0. The van der Waals surface area contributed by atoms with E-state index in [4.69, 9.17) is 5.73 Å². The summed E-state index contributed by atoms with van der Waals surface area (Å²) in [6, 6.07) is 17.1. The summed E-state index contributed by atoms with van der Waals surface area (Å²) in [6.45, 7) is 0.642. The molecule has 0 radical (unpaired) electrons. The Kier molecular flexibility index (Phi) is 4.38. The predicted octanol–water partition coefficient (Wildman–Crippen LogP) is 0.536. The molecule has 0 atom stereocenters. The molecule has 5 N–H and O–H groups in total. The van der Waals surface area contributed by atoms with Crippen LogP contribution in [-0.2, 0) is 6.42 Å². The molecular formula is C18H19N4O+. The number of H-pyrrole nitrogens is 1. The van der Waals surface area contributed by atoms with Crippen molar-refractivity contribution in [3.8, 4) is 0 Å². The number of hydrogen-bond donors (Lipinski definition) is 4. The average molecular weight is 307 g/mol. The van der Waals surface area contributed by atoms with Crippen molar-refractivity contribution < 1.29 is 9.79 Å². The van der Waals surface area contributed by atoms with E-state index in [1.165, 1.54) is 10.9 Å². The SMILES string of the molecule is NC(NC(=O)c1ccccc1)=[NH+]CCc1c[nH]c2ccccc12. The molecule has 0 bridgehead atoms. The second kappa shape index (κ2) is 6.79. The van der Waals surface area contributed by atoms with Gasteiger partial charge in [-0.3, -0.25) is 15.5 Å². The number of rotatable bonds is 4. The molecule has 23 heavy (non-hydrogen) atoms. The Morgan fingerprint density at radius 1 is 1.09 bits per heavy atom. The van der Waals surface area contributed by atoms with E-state index in [1.54, 1.807) is 12.1 Å². The van der Waals surface area contributed by atoms with E-state index in [0.29, 0.717) is 12.1 Å². The van der Waals surface area contributed by atoms with Crippen molar-refractivity contribution >= 4 is 22.8 Å². The first-order chi connectivity index (χ1) is 11.2. The van der Waals surface area contributed by atoms with Crippen molar-refractivity contribution in [2.24, 2.45) is 5.73 Å². The highest BCUT2D eigenvalue weighted by atomic mass is 16.1. The first-order valence-electron chi connectivity index (χ1n) is 7.52. The van der Waals surface area contributed by atoms with Crippen LogP contribution in [0.3, 0.4) is 0 Å². The van der Waals surface area contributed by atoms with Gasteiger partial charge in [0.1, 0.15) is 0 Å². The lowest BCUT2D eigenvalue weighted by Gasteiger charge is -1.99. The molecule has 0 aliphatic carbocycles. The predicted molar refractivity (Wildman–Crippen MR) is 90.9 cm³/mol. The van der Waals surface area contributed by atoms with Gasteiger partial charge in [0, 0.05) is 23.5 Å². The highest BCUT2D eigenvalue weighted by Crippen LogP contribution is 2.17. The molecule has 0 aliphatic rings. The third-order valence-electron chi connectivity index (χ3n) is 3.67. The normalized spacial score (nSPS) is 11.6. The Balaban J connectivity index is 1.58. The Labute approximate surface area is 134 Å². The number of carbonyl (C=O) groups excluding carboxylic acids is 1. The molecule has 0 aliphatic heterocycles. The third-order valence-corrected chi connectivity index (χ3v) is 3.67. The van der Waals surface area contributed by atoms with Crippen molar-refractivity contribution in [2.75, 3.05) is 6.54 Å². The second-order valence-electron chi connectivity index (χ2n) is 5.27. The summed E-state index contributed by atoms with van der Waals surface area (Å²) in [4.78, 5) is 18.2. The fourth-order valence-corrected chi connectivity index (χ4v) is 2.50. The third kappa shape index (κ3) is 3.58. The smallest absolute Gasteiger partial charge is 0.348 e. The minimum Gasteiger partial charge on any atom is -0.361 e. The van der Waals surface area contributed by atoms with E-state index in [0.717, 1.165) is 11.9 Å². The Morgan fingerprint density at radius 3 is 2.65 bits per heavy atom. The van der Waals surface area contributed by atoms with Crippen LogP contribution >= 0.6 is 0 Å². The van der Waals surface area contributed by atoms with Gasteiger partial charge >= 0.3 is 11.9 Å². The molecule has 0 fully saturated rings. The van der Waals surface area contributed by atoms with Gasteiger partial charge in [0.15, 0.2) is 0 Å². The van der Waals surface area contributed by atoms with Crippen molar-refractivity contribution in [3.63, 3.8) is 0 Å². The lowest BCUT2D eigenvalue weighted by Crippen LogP contribution is -2.79. The van der Waals surface area contributed by atoms with Gasteiger partial charge in [0.05, 0.1) is 12.1 Å². The van der Waals surface area contributed by atoms with E-state index in [9.17, 15) is 4.79 Å². The maximum absolute atomic E-state index is 12.0. The maximum Gasteiger partial charge on any atom is 0.348 e. The molecule has 0 saturated heterocycles. The molecular weight excluding hydrogens is 288 g/mol. The molecule has 1 heterocycles. The van der Waals surface area contributed by atoms with Crippen LogP contribution in [-0.4, -0.2) is 23.4 Å². The minimum absolute atomic E-state index is 0.220. The van der Waals surface area contributed by atoms with Gasteiger partial charge < -0.3 is 4.98 Å². The molecule has 0 unspecified atom stereocenters. The molecule has 0 spiro atoms. The standard InChI is InChI=1S/C18H18N4O/c19-18(22-17(23)13-6-2-1-3-7-13)20-11-10-14-12-21-16-9-5-4-8-15(14)16/h1-9,12,21H,10-11H2,(H3,19,20,22,23)/p+1. The number of hydrogen-bond acceptors (Lipinski definition) is 1. The fraction of sp³-hybridized carbons (Fsp3) is 0.111. The van der Waals surface area contributed by atoms with Gasteiger partial charge in [0.25, 0.3) is 0 Å². The number of guanidine groups is 1. The number of fused-ring (bicyclic) bond motifs is 1. The number of aromatic amines is 1.